The van der Waals surface area contributed by atoms with Crippen molar-refractivity contribution in [1.82, 2.24) is 9.97 Å². The van der Waals surface area contributed by atoms with Crippen LogP contribution >= 0.6 is 11.6 Å². The number of hydrogen-bond acceptors (Lipinski definition) is 2. The molecule has 0 amide bonds. The Balaban J connectivity index is 1.93. The smallest absolute Gasteiger partial charge is 0.258 e. The lowest BCUT2D eigenvalue weighted by atomic mass is 10.0. The zero-order valence-corrected chi connectivity index (χ0v) is 12.3. The van der Waals surface area contributed by atoms with Crippen LogP contribution in [0.25, 0.3) is 10.9 Å². The standard InChI is InChI=1S/C15H18ClN3O/c1-10-4-2-3-7-19(10)9-14-17-13-8-11(16)5-6-12(13)15(20)18-14/h5-6,8,10H,2-4,7,9H2,1H3,(H,17,18,20)/p+1/t10-/m0/s1. The number of aromatic nitrogens is 2. The van der Waals surface area contributed by atoms with E-state index in [2.05, 4.69) is 16.9 Å². The maximum atomic E-state index is 12.1. The van der Waals surface area contributed by atoms with E-state index in [4.69, 9.17) is 11.6 Å². The molecule has 1 aromatic carbocycles. The van der Waals surface area contributed by atoms with Crippen molar-refractivity contribution in [2.45, 2.75) is 38.8 Å². The number of nitrogens with one attached hydrogen (secondary N) is 2. The summed E-state index contributed by atoms with van der Waals surface area (Å²) in [5.41, 5.74) is 0.603. The van der Waals surface area contributed by atoms with Gasteiger partial charge in [0.05, 0.1) is 23.5 Å². The van der Waals surface area contributed by atoms with E-state index in [-0.39, 0.29) is 5.56 Å². The zero-order valence-electron chi connectivity index (χ0n) is 11.6. The number of benzene rings is 1. The summed E-state index contributed by atoms with van der Waals surface area (Å²) in [6.07, 6.45) is 3.81. The molecule has 5 heteroatoms. The minimum atomic E-state index is -0.0780. The molecule has 1 fully saturated rings. The molecule has 0 bridgehead atoms. The predicted molar refractivity (Wildman–Crippen MR) is 80.2 cm³/mol. The Morgan fingerprint density at radius 1 is 1.45 bits per heavy atom. The molecule has 1 aromatic heterocycles. The van der Waals surface area contributed by atoms with Crippen LogP contribution in [0.15, 0.2) is 23.0 Å². The van der Waals surface area contributed by atoms with Crippen molar-refractivity contribution >= 4 is 22.5 Å². The van der Waals surface area contributed by atoms with E-state index in [1.54, 1.807) is 18.2 Å². The first-order valence-corrected chi connectivity index (χ1v) is 7.54. The van der Waals surface area contributed by atoms with Gasteiger partial charge < -0.3 is 9.88 Å². The fraction of sp³-hybridized carbons (Fsp3) is 0.467. The number of fused-ring (bicyclic) bond motifs is 1. The topological polar surface area (TPSA) is 50.2 Å². The van der Waals surface area contributed by atoms with Crippen LogP contribution in [0.4, 0.5) is 0 Å². The molecule has 20 heavy (non-hydrogen) atoms. The fourth-order valence-corrected chi connectivity index (χ4v) is 3.14. The number of piperidine rings is 1. The maximum Gasteiger partial charge on any atom is 0.258 e. The normalized spacial score (nSPS) is 23.1. The van der Waals surface area contributed by atoms with Crippen molar-refractivity contribution in [3.8, 4) is 0 Å². The molecule has 1 unspecified atom stereocenters. The second kappa shape index (κ2) is 5.54. The van der Waals surface area contributed by atoms with Gasteiger partial charge in [0.25, 0.3) is 5.56 Å². The quantitative estimate of drug-likeness (QED) is 0.882. The molecule has 106 valence electrons. The van der Waals surface area contributed by atoms with Crippen LogP contribution in [0.3, 0.4) is 0 Å². The first kappa shape index (κ1) is 13.6. The van der Waals surface area contributed by atoms with Gasteiger partial charge in [-0.15, -0.1) is 0 Å². The van der Waals surface area contributed by atoms with Crippen LogP contribution in [0, 0.1) is 0 Å². The van der Waals surface area contributed by atoms with Crippen molar-refractivity contribution in [3.63, 3.8) is 0 Å². The number of quaternary nitrogens is 1. The van der Waals surface area contributed by atoms with E-state index < -0.39 is 0 Å². The lowest BCUT2D eigenvalue weighted by molar-refractivity contribution is -0.942. The Kier molecular flexibility index (Phi) is 3.76. The van der Waals surface area contributed by atoms with E-state index in [1.165, 1.54) is 24.2 Å². The van der Waals surface area contributed by atoms with Gasteiger partial charge in [0.15, 0.2) is 5.82 Å². The lowest BCUT2D eigenvalue weighted by Crippen LogP contribution is -3.15. The van der Waals surface area contributed by atoms with Crippen molar-refractivity contribution in [1.29, 1.82) is 0 Å². The van der Waals surface area contributed by atoms with Crippen LogP contribution in [0.2, 0.25) is 5.02 Å². The van der Waals surface area contributed by atoms with Crippen LogP contribution < -0.4 is 10.5 Å². The molecule has 0 radical (unpaired) electrons. The molecule has 0 spiro atoms. The average Bonchev–Trinajstić information content (AvgIpc) is 2.41. The Morgan fingerprint density at radius 2 is 2.30 bits per heavy atom. The second-order valence-electron chi connectivity index (χ2n) is 5.66. The Bertz CT molecular complexity index is 682. The highest BCUT2D eigenvalue weighted by Gasteiger charge is 2.22. The maximum absolute atomic E-state index is 12.1. The summed E-state index contributed by atoms with van der Waals surface area (Å²) in [4.78, 5) is 21.1. The van der Waals surface area contributed by atoms with E-state index >= 15 is 0 Å². The average molecular weight is 293 g/mol. The Morgan fingerprint density at radius 3 is 3.10 bits per heavy atom. The molecule has 0 saturated carbocycles. The Hall–Kier alpha value is -1.39. The number of aromatic amines is 1. The van der Waals surface area contributed by atoms with Gasteiger partial charge in [-0.05, 0) is 44.4 Å². The minimum Gasteiger partial charge on any atom is -0.326 e. The number of likely N-dealkylation sites (tertiary alicyclic amines) is 1. The molecule has 2 atom stereocenters. The SMILES string of the molecule is C[C@H]1CCCC[NH+]1Cc1nc2cc(Cl)ccc2c(=O)[nH]1. The van der Waals surface area contributed by atoms with Gasteiger partial charge >= 0.3 is 0 Å². The number of rotatable bonds is 2. The van der Waals surface area contributed by atoms with E-state index in [9.17, 15) is 4.79 Å². The van der Waals surface area contributed by atoms with Crippen molar-refractivity contribution < 1.29 is 4.90 Å². The second-order valence-corrected chi connectivity index (χ2v) is 6.09. The van der Waals surface area contributed by atoms with Crippen molar-refractivity contribution in [2.24, 2.45) is 0 Å². The van der Waals surface area contributed by atoms with E-state index in [0.29, 0.717) is 22.0 Å². The summed E-state index contributed by atoms with van der Waals surface area (Å²) in [6.45, 7) is 4.20. The van der Waals surface area contributed by atoms with Gasteiger partial charge in [0.2, 0.25) is 0 Å². The highest BCUT2D eigenvalue weighted by atomic mass is 35.5. The van der Waals surface area contributed by atoms with Crippen LogP contribution in [-0.4, -0.2) is 22.6 Å². The third-order valence-electron chi connectivity index (χ3n) is 4.19. The molecule has 1 aliphatic heterocycles. The molecule has 2 aromatic rings. The monoisotopic (exact) mass is 292 g/mol. The predicted octanol–water partition coefficient (Wildman–Crippen LogP) is 1.53. The van der Waals surface area contributed by atoms with Gasteiger partial charge in [-0.25, -0.2) is 4.98 Å². The third-order valence-corrected chi connectivity index (χ3v) is 4.43. The van der Waals surface area contributed by atoms with Gasteiger partial charge in [0.1, 0.15) is 6.54 Å². The molecule has 1 aliphatic rings. The van der Waals surface area contributed by atoms with Gasteiger partial charge in [-0.3, -0.25) is 4.79 Å². The fourth-order valence-electron chi connectivity index (χ4n) is 2.98. The van der Waals surface area contributed by atoms with Gasteiger partial charge in [0, 0.05) is 5.02 Å². The molecule has 3 rings (SSSR count). The van der Waals surface area contributed by atoms with Crippen LogP contribution in [-0.2, 0) is 6.54 Å². The van der Waals surface area contributed by atoms with Crippen LogP contribution in [0.5, 0.6) is 0 Å². The van der Waals surface area contributed by atoms with Crippen molar-refractivity contribution in [3.05, 3.63) is 39.4 Å². The largest absolute Gasteiger partial charge is 0.326 e. The summed E-state index contributed by atoms with van der Waals surface area (Å²) in [7, 11) is 0. The lowest BCUT2D eigenvalue weighted by Gasteiger charge is -2.29. The van der Waals surface area contributed by atoms with E-state index in [0.717, 1.165) is 18.9 Å². The van der Waals surface area contributed by atoms with Crippen molar-refractivity contribution in [2.75, 3.05) is 6.54 Å². The molecule has 0 aliphatic carbocycles. The third kappa shape index (κ3) is 2.72. The number of hydrogen-bond donors (Lipinski definition) is 2. The summed E-state index contributed by atoms with van der Waals surface area (Å²) >= 11 is 5.98. The minimum absolute atomic E-state index is 0.0780. The molecular formula is C15H19ClN3O+. The van der Waals surface area contributed by atoms with Crippen LogP contribution in [0.1, 0.15) is 32.0 Å². The first-order chi connectivity index (χ1) is 9.63. The molecule has 2 heterocycles. The molecular weight excluding hydrogens is 274 g/mol. The van der Waals surface area contributed by atoms with E-state index in [1.807, 2.05) is 0 Å². The van der Waals surface area contributed by atoms with Gasteiger partial charge in [-0.1, -0.05) is 11.6 Å². The zero-order chi connectivity index (χ0) is 14.1. The summed E-state index contributed by atoms with van der Waals surface area (Å²) in [5, 5.41) is 1.21. The molecule has 1 saturated heterocycles. The number of halogens is 1. The number of nitrogens with zero attached hydrogens (tertiary/aromatic N) is 1. The Labute approximate surface area is 122 Å². The summed E-state index contributed by atoms with van der Waals surface area (Å²) in [5.74, 6) is 0.758. The summed E-state index contributed by atoms with van der Waals surface area (Å²) in [6, 6.07) is 5.83. The van der Waals surface area contributed by atoms with Gasteiger partial charge in [-0.2, -0.15) is 0 Å². The molecule has 4 nitrogen and oxygen atoms in total. The first-order valence-electron chi connectivity index (χ1n) is 7.16. The highest BCUT2D eigenvalue weighted by molar-refractivity contribution is 6.31. The highest BCUT2D eigenvalue weighted by Crippen LogP contribution is 2.14. The number of H-pyrrole nitrogens is 1. The molecule has 2 N–H and O–H groups in total. The summed E-state index contributed by atoms with van der Waals surface area (Å²) < 4.78 is 0.